The highest BCUT2D eigenvalue weighted by Gasteiger charge is 2.20. The van der Waals surface area contributed by atoms with E-state index < -0.39 is 0 Å². The zero-order chi connectivity index (χ0) is 14.3. The quantitative estimate of drug-likeness (QED) is 0.788. The van der Waals surface area contributed by atoms with Crippen molar-refractivity contribution in [1.29, 1.82) is 0 Å². The molecule has 0 atom stereocenters. The van der Waals surface area contributed by atoms with E-state index in [4.69, 9.17) is 5.11 Å². The van der Waals surface area contributed by atoms with Crippen LogP contribution >= 0.6 is 0 Å². The molecule has 0 saturated heterocycles. The van der Waals surface area contributed by atoms with Crippen molar-refractivity contribution in [2.45, 2.75) is 33.2 Å². The Morgan fingerprint density at radius 2 is 2.26 bits per heavy atom. The number of carbonyl (C=O) groups excluding carboxylic acids is 1. The maximum Gasteiger partial charge on any atom is 0.257 e. The molecule has 106 valence electrons. The first-order valence-electron chi connectivity index (χ1n) is 6.71. The van der Waals surface area contributed by atoms with Crippen LogP contribution in [0, 0.1) is 0 Å². The van der Waals surface area contributed by atoms with Gasteiger partial charge in [-0.1, -0.05) is 6.92 Å². The topological polar surface area (TPSA) is 65.5 Å². The lowest BCUT2D eigenvalue weighted by Gasteiger charge is -2.26. The van der Waals surface area contributed by atoms with Crippen LogP contribution in [0.2, 0.25) is 0 Å². The van der Waals surface area contributed by atoms with Gasteiger partial charge < -0.3 is 15.3 Å². The Morgan fingerprint density at radius 1 is 1.53 bits per heavy atom. The molecule has 0 unspecified atom stereocenters. The van der Waals surface area contributed by atoms with E-state index in [1.54, 1.807) is 23.4 Å². The van der Waals surface area contributed by atoms with Crippen LogP contribution in [0.5, 0.6) is 0 Å². The highest BCUT2D eigenvalue weighted by molar-refractivity contribution is 5.99. The molecule has 19 heavy (non-hydrogen) atoms. The number of hydrogen-bond donors (Lipinski definition) is 2. The summed E-state index contributed by atoms with van der Waals surface area (Å²) in [6.45, 7) is 7.04. The molecule has 1 heterocycles. The second kappa shape index (κ2) is 7.74. The minimum Gasteiger partial charge on any atom is -0.395 e. The van der Waals surface area contributed by atoms with Crippen molar-refractivity contribution in [2.24, 2.45) is 0 Å². The Balaban J connectivity index is 2.96. The van der Waals surface area contributed by atoms with Crippen LogP contribution in [0.4, 0.5) is 5.69 Å². The van der Waals surface area contributed by atoms with E-state index in [2.05, 4.69) is 17.2 Å². The molecule has 0 fully saturated rings. The summed E-state index contributed by atoms with van der Waals surface area (Å²) in [7, 11) is 0. The SMILES string of the molecule is CCCNc1ccncc1C(=O)N(CCO)C(C)C. The van der Waals surface area contributed by atoms with Crippen molar-refractivity contribution >= 4 is 11.6 Å². The van der Waals surface area contributed by atoms with Crippen LogP contribution in [0.1, 0.15) is 37.6 Å². The van der Waals surface area contributed by atoms with Gasteiger partial charge in [-0.25, -0.2) is 0 Å². The van der Waals surface area contributed by atoms with Crippen LogP contribution in [0.25, 0.3) is 0 Å². The summed E-state index contributed by atoms with van der Waals surface area (Å²) in [6, 6.07) is 1.85. The Kier molecular flexibility index (Phi) is 6.29. The minimum absolute atomic E-state index is 0.0398. The second-order valence-electron chi connectivity index (χ2n) is 4.66. The minimum atomic E-state index is -0.101. The van der Waals surface area contributed by atoms with Crippen molar-refractivity contribution in [1.82, 2.24) is 9.88 Å². The average Bonchev–Trinajstić information content (AvgIpc) is 2.41. The van der Waals surface area contributed by atoms with Gasteiger partial charge >= 0.3 is 0 Å². The van der Waals surface area contributed by atoms with Crippen molar-refractivity contribution in [2.75, 3.05) is 25.0 Å². The van der Waals surface area contributed by atoms with Gasteiger partial charge in [-0.3, -0.25) is 9.78 Å². The molecule has 0 saturated carbocycles. The van der Waals surface area contributed by atoms with Crippen LogP contribution in [0.3, 0.4) is 0 Å². The standard InChI is InChI=1S/C14H23N3O2/c1-4-6-16-13-5-7-15-10-12(13)14(19)17(8-9-18)11(2)3/h5,7,10-11,18H,4,6,8-9H2,1-3H3,(H,15,16). The number of nitrogens with zero attached hydrogens (tertiary/aromatic N) is 2. The first-order valence-corrected chi connectivity index (χ1v) is 6.71. The van der Waals surface area contributed by atoms with E-state index in [9.17, 15) is 4.79 Å². The lowest BCUT2D eigenvalue weighted by molar-refractivity contribution is 0.0666. The summed E-state index contributed by atoms with van der Waals surface area (Å²) in [5.41, 5.74) is 1.35. The van der Waals surface area contributed by atoms with Gasteiger partial charge in [0.2, 0.25) is 0 Å². The fourth-order valence-corrected chi connectivity index (χ4v) is 1.84. The monoisotopic (exact) mass is 265 g/mol. The summed E-state index contributed by atoms with van der Waals surface area (Å²) < 4.78 is 0. The van der Waals surface area contributed by atoms with Crippen LogP contribution in [-0.4, -0.2) is 46.6 Å². The predicted octanol–water partition coefficient (Wildman–Crippen LogP) is 1.75. The number of pyridine rings is 1. The summed E-state index contributed by atoms with van der Waals surface area (Å²) in [5, 5.41) is 12.3. The van der Waals surface area contributed by atoms with Gasteiger partial charge in [0, 0.05) is 31.5 Å². The smallest absolute Gasteiger partial charge is 0.257 e. The highest BCUT2D eigenvalue weighted by atomic mass is 16.3. The molecule has 0 bridgehead atoms. The van der Waals surface area contributed by atoms with Gasteiger partial charge in [0.1, 0.15) is 0 Å². The Bertz CT molecular complexity index is 407. The Morgan fingerprint density at radius 3 is 2.84 bits per heavy atom. The molecule has 0 aromatic carbocycles. The number of aliphatic hydroxyl groups is 1. The normalized spacial score (nSPS) is 10.6. The number of amides is 1. The van der Waals surface area contributed by atoms with Gasteiger partial charge in [0.25, 0.3) is 5.91 Å². The number of aliphatic hydroxyl groups excluding tert-OH is 1. The number of anilines is 1. The van der Waals surface area contributed by atoms with E-state index in [1.165, 1.54) is 0 Å². The zero-order valence-electron chi connectivity index (χ0n) is 11.9. The molecule has 0 aliphatic carbocycles. The molecule has 0 aliphatic heterocycles. The molecule has 1 rings (SSSR count). The molecular formula is C14H23N3O2. The third kappa shape index (κ3) is 4.21. The summed E-state index contributed by atoms with van der Waals surface area (Å²) in [4.78, 5) is 18.2. The van der Waals surface area contributed by atoms with Crippen molar-refractivity contribution in [3.05, 3.63) is 24.0 Å². The largest absolute Gasteiger partial charge is 0.395 e. The van der Waals surface area contributed by atoms with Crippen molar-refractivity contribution in [3.8, 4) is 0 Å². The second-order valence-corrected chi connectivity index (χ2v) is 4.66. The Labute approximate surface area is 114 Å². The zero-order valence-corrected chi connectivity index (χ0v) is 11.9. The first kappa shape index (κ1) is 15.4. The van der Waals surface area contributed by atoms with Crippen molar-refractivity contribution in [3.63, 3.8) is 0 Å². The molecule has 1 amide bonds. The predicted molar refractivity (Wildman–Crippen MR) is 76.3 cm³/mol. The van der Waals surface area contributed by atoms with Gasteiger partial charge in [0.05, 0.1) is 17.9 Å². The molecule has 1 aromatic heterocycles. The van der Waals surface area contributed by atoms with E-state index in [1.807, 2.05) is 13.8 Å². The summed E-state index contributed by atoms with van der Waals surface area (Å²) in [5.74, 6) is -0.101. The fraction of sp³-hybridized carbons (Fsp3) is 0.571. The molecule has 0 radical (unpaired) electrons. The number of nitrogens with one attached hydrogen (secondary N) is 1. The van der Waals surface area contributed by atoms with E-state index in [0.29, 0.717) is 12.1 Å². The summed E-state index contributed by atoms with van der Waals surface area (Å²) in [6.07, 6.45) is 4.23. The van der Waals surface area contributed by atoms with Crippen LogP contribution in [0.15, 0.2) is 18.5 Å². The molecule has 5 heteroatoms. The number of carbonyl (C=O) groups is 1. The van der Waals surface area contributed by atoms with Crippen LogP contribution in [-0.2, 0) is 0 Å². The first-order chi connectivity index (χ1) is 9.11. The van der Waals surface area contributed by atoms with E-state index in [0.717, 1.165) is 18.7 Å². The van der Waals surface area contributed by atoms with Crippen LogP contribution < -0.4 is 5.32 Å². The van der Waals surface area contributed by atoms with Gasteiger partial charge in [-0.05, 0) is 26.3 Å². The van der Waals surface area contributed by atoms with E-state index >= 15 is 0 Å². The highest BCUT2D eigenvalue weighted by Crippen LogP contribution is 2.17. The summed E-state index contributed by atoms with van der Waals surface area (Å²) >= 11 is 0. The number of aromatic nitrogens is 1. The lowest BCUT2D eigenvalue weighted by atomic mass is 10.1. The molecule has 1 aromatic rings. The average molecular weight is 265 g/mol. The maximum atomic E-state index is 12.5. The molecule has 5 nitrogen and oxygen atoms in total. The van der Waals surface area contributed by atoms with Gasteiger partial charge in [-0.2, -0.15) is 0 Å². The number of hydrogen-bond acceptors (Lipinski definition) is 4. The molecular weight excluding hydrogens is 242 g/mol. The van der Waals surface area contributed by atoms with Gasteiger partial charge in [0.15, 0.2) is 0 Å². The van der Waals surface area contributed by atoms with Gasteiger partial charge in [-0.15, -0.1) is 0 Å². The van der Waals surface area contributed by atoms with E-state index in [-0.39, 0.29) is 18.6 Å². The van der Waals surface area contributed by atoms with Crippen molar-refractivity contribution < 1.29 is 9.90 Å². The maximum absolute atomic E-state index is 12.5. The Hall–Kier alpha value is -1.62. The third-order valence-electron chi connectivity index (χ3n) is 2.84. The molecule has 0 spiro atoms. The number of rotatable bonds is 7. The third-order valence-corrected chi connectivity index (χ3v) is 2.84. The lowest BCUT2D eigenvalue weighted by Crippen LogP contribution is -2.39. The molecule has 0 aliphatic rings. The fourth-order valence-electron chi connectivity index (χ4n) is 1.84. The molecule has 2 N–H and O–H groups in total.